The lowest BCUT2D eigenvalue weighted by atomic mass is 9.72. The van der Waals surface area contributed by atoms with Crippen molar-refractivity contribution in [2.24, 2.45) is 5.92 Å². The van der Waals surface area contributed by atoms with Crippen molar-refractivity contribution in [1.29, 1.82) is 0 Å². The second-order valence-corrected chi connectivity index (χ2v) is 8.59. The molecule has 3 aliphatic heterocycles. The highest BCUT2D eigenvalue weighted by Crippen LogP contribution is 2.40. The molecular formula is C19H24ClFN2O2S. The van der Waals surface area contributed by atoms with Crippen molar-refractivity contribution in [3.63, 3.8) is 0 Å². The average molecular weight is 399 g/mol. The Balaban J connectivity index is 0.00000196. The van der Waals surface area contributed by atoms with E-state index in [1.165, 1.54) is 24.5 Å². The van der Waals surface area contributed by atoms with E-state index in [0.717, 1.165) is 31.3 Å². The van der Waals surface area contributed by atoms with Crippen LogP contribution in [0.5, 0.6) is 5.75 Å². The Hall–Kier alpha value is -1.37. The molecule has 2 bridgehead atoms. The average Bonchev–Trinajstić information content (AvgIpc) is 3.02. The van der Waals surface area contributed by atoms with Crippen molar-refractivity contribution in [1.82, 2.24) is 10.2 Å². The fourth-order valence-corrected chi connectivity index (χ4v) is 5.52. The van der Waals surface area contributed by atoms with E-state index in [4.69, 9.17) is 4.74 Å². The van der Waals surface area contributed by atoms with Gasteiger partial charge in [0.15, 0.2) is 11.6 Å². The molecular weight excluding hydrogens is 375 g/mol. The Morgan fingerprint density at radius 1 is 1.35 bits per heavy atom. The number of methoxy groups -OCH3 is 1. The summed E-state index contributed by atoms with van der Waals surface area (Å²) in [6.45, 7) is 6.66. The van der Waals surface area contributed by atoms with Gasteiger partial charge in [-0.05, 0) is 63.2 Å². The number of benzene rings is 1. The number of rotatable bonds is 3. The number of halogens is 2. The molecule has 4 heterocycles. The third-order valence-electron chi connectivity index (χ3n) is 5.89. The number of hydrogen-bond donors (Lipinski definition) is 1. The Morgan fingerprint density at radius 3 is 2.65 bits per heavy atom. The molecule has 142 valence electrons. The number of hydrogen-bond acceptors (Lipinski definition) is 4. The van der Waals surface area contributed by atoms with Gasteiger partial charge in [-0.2, -0.15) is 0 Å². The van der Waals surface area contributed by atoms with Gasteiger partial charge in [-0.25, -0.2) is 4.39 Å². The molecule has 1 aromatic heterocycles. The minimum absolute atomic E-state index is 0. The zero-order chi connectivity index (χ0) is 17.8. The molecule has 0 radical (unpaired) electrons. The fourth-order valence-electron chi connectivity index (χ4n) is 4.44. The highest BCUT2D eigenvalue weighted by atomic mass is 35.5. The lowest BCUT2D eigenvalue weighted by molar-refractivity contribution is -0.0377. The van der Waals surface area contributed by atoms with Gasteiger partial charge < -0.3 is 10.1 Å². The van der Waals surface area contributed by atoms with E-state index < -0.39 is 5.82 Å². The summed E-state index contributed by atoms with van der Waals surface area (Å²) in [6.07, 6.45) is 2.28. The molecule has 0 aliphatic carbocycles. The van der Waals surface area contributed by atoms with Gasteiger partial charge in [0.05, 0.1) is 16.7 Å². The molecule has 1 amide bonds. The molecule has 5 rings (SSSR count). The van der Waals surface area contributed by atoms with E-state index in [9.17, 15) is 9.18 Å². The maximum absolute atomic E-state index is 13.9. The monoisotopic (exact) mass is 398 g/mol. The van der Waals surface area contributed by atoms with Crippen LogP contribution in [0.3, 0.4) is 0 Å². The topological polar surface area (TPSA) is 41.6 Å². The van der Waals surface area contributed by atoms with Crippen molar-refractivity contribution in [2.45, 2.75) is 38.3 Å². The van der Waals surface area contributed by atoms with Gasteiger partial charge in [0, 0.05) is 11.6 Å². The van der Waals surface area contributed by atoms with E-state index in [2.05, 4.69) is 24.1 Å². The highest BCUT2D eigenvalue weighted by molar-refractivity contribution is 7.21. The summed E-state index contributed by atoms with van der Waals surface area (Å²) >= 11 is 1.29. The number of piperidine rings is 3. The van der Waals surface area contributed by atoms with Gasteiger partial charge in [0.2, 0.25) is 0 Å². The van der Waals surface area contributed by atoms with Crippen LogP contribution in [0.1, 0.15) is 36.4 Å². The number of carbonyl (C=O) groups is 1. The van der Waals surface area contributed by atoms with Crippen LogP contribution in [0.25, 0.3) is 10.1 Å². The highest BCUT2D eigenvalue weighted by Gasteiger charge is 2.48. The number of carbonyl (C=O) groups excluding carboxylic acids is 1. The molecule has 1 aromatic carbocycles. The van der Waals surface area contributed by atoms with Crippen LogP contribution in [0.4, 0.5) is 4.39 Å². The lowest BCUT2D eigenvalue weighted by Crippen LogP contribution is -2.69. The summed E-state index contributed by atoms with van der Waals surface area (Å²) in [5, 5.41) is 4.10. The van der Waals surface area contributed by atoms with Crippen molar-refractivity contribution in [3.05, 3.63) is 28.9 Å². The Bertz CT molecular complexity index is 830. The normalized spacial score (nSPS) is 26.4. The van der Waals surface area contributed by atoms with Crippen molar-refractivity contribution in [3.8, 4) is 5.75 Å². The van der Waals surface area contributed by atoms with Gasteiger partial charge >= 0.3 is 0 Å². The number of nitrogens with one attached hydrogen (secondary N) is 1. The third kappa shape index (κ3) is 2.98. The molecule has 4 nitrogen and oxygen atoms in total. The smallest absolute Gasteiger partial charge is 0.261 e. The lowest BCUT2D eigenvalue weighted by Gasteiger charge is -2.56. The molecule has 7 heteroatoms. The molecule has 1 N–H and O–H groups in total. The maximum Gasteiger partial charge on any atom is 0.261 e. The summed E-state index contributed by atoms with van der Waals surface area (Å²) in [4.78, 5) is 16.0. The molecule has 3 saturated heterocycles. The molecule has 0 spiro atoms. The summed E-state index contributed by atoms with van der Waals surface area (Å²) in [6, 6.07) is 5.04. The van der Waals surface area contributed by atoms with E-state index in [-0.39, 0.29) is 35.6 Å². The predicted molar refractivity (Wildman–Crippen MR) is 105 cm³/mol. The summed E-state index contributed by atoms with van der Waals surface area (Å²) in [5.74, 6) is 0.271. The first-order chi connectivity index (χ1) is 11.9. The van der Waals surface area contributed by atoms with Gasteiger partial charge in [0.25, 0.3) is 5.91 Å². The second-order valence-electron chi connectivity index (χ2n) is 7.54. The minimum Gasteiger partial charge on any atom is -0.492 e. The van der Waals surface area contributed by atoms with Crippen LogP contribution in [-0.4, -0.2) is 42.6 Å². The molecule has 3 aliphatic rings. The van der Waals surface area contributed by atoms with Crippen molar-refractivity contribution >= 4 is 39.7 Å². The Labute approximate surface area is 163 Å². The molecule has 3 fully saturated rings. The number of fused-ring (bicyclic) bond motifs is 4. The predicted octanol–water partition coefficient (Wildman–Crippen LogP) is 4.07. The van der Waals surface area contributed by atoms with Crippen LogP contribution in [-0.2, 0) is 0 Å². The Kier molecular flexibility index (Phi) is 5.21. The minimum atomic E-state index is -0.401. The van der Waals surface area contributed by atoms with Gasteiger partial charge in [0.1, 0.15) is 0 Å². The molecule has 2 aromatic rings. The van der Waals surface area contributed by atoms with Crippen LogP contribution >= 0.6 is 23.7 Å². The van der Waals surface area contributed by atoms with E-state index >= 15 is 0 Å². The van der Waals surface area contributed by atoms with Crippen LogP contribution < -0.4 is 10.1 Å². The van der Waals surface area contributed by atoms with Gasteiger partial charge in [-0.15, -0.1) is 23.7 Å². The largest absolute Gasteiger partial charge is 0.492 e. The Morgan fingerprint density at radius 2 is 2.04 bits per heavy atom. The zero-order valence-corrected chi connectivity index (χ0v) is 16.8. The number of amides is 1. The summed E-state index contributed by atoms with van der Waals surface area (Å²) < 4.78 is 19.7. The molecule has 1 atom stereocenters. The first kappa shape index (κ1) is 19.4. The number of thiophene rings is 1. The maximum atomic E-state index is 13.9. The van der Waals surface area contributed by atoms with Gasteiger partial charge in [-0.1, -0.05) is 6.07 Å². The van der Waals surface area contributed by atoms with Crippen LogP contribution in [0.15, 0.2) is 18.2 Å². The second kappa shape index (κ2) is 6.98. The van der Waals surface area contributed by atoms with Crippen LogP contribution in [0.2, 0.25) is 0 Å². The van der Waals surface area contributed by atoms with E-state index in [1.54, 1.807) is 6.07 Å². The fraction of sp³-hybridized carbons (Fsp3) is 0.526. The number of nitrogens with zero attached hydrogens (tertiary/aromatic N) is 1. The van der Waals surface area contributed by atoms with Crippen molar-refractivity contribution < 1.29 is 13.9 Å². The van der Waals surface area contributed by atoms with Gasteiger partial charge in [-0.3, -0.25) is 9.69 Å². The summed E-state index contributed by atoms with van der Waals surface area (Å²) in [7, 11) is 1.45. The number of ether oxygens (including phenoxy) is 1. The third-order valence-corrected chi connectivity index (χ3v) is 7.04. The van der Waals surface area contributed by atoms with Crippen molar-refractivity contribution in [2.75, 3.05) is 20.2 Å². The standard InChI is InChI=1S/C19H23FN2O2S.ClH/c1-19(2)17(11-6-8-22(19)9-7-11)21-18(23)14-10-12-4-5-13(20)15(24-3)16(12)25-14;/h4-5,10-11,17H,6-9H2,1-3H3,(H,21,23);1H. The first-order valence-electron chi connectivity index (χ1n) is 8.74. The molecule has 1 unspecified atom stereocenters. The first-order valence-corrected chi connectivity index (χ1v) is 9.55. The SMILES string of the molecule is COc1c(F)ccc2cc(C(=O)NC3C4CCN(CC4)C3(C)C)sc12.Cl. The zero-order valence-electron chi connectivity index (χ0n) is 15.2. The van der Waals surface area contributed by atoms with E-state index in [1.807, 2.05) is 6.07 Å². The molecule has 26 heavy (non-hydrogen) atoms. The van der Waals surface area contributed by atoms with E-state index in [0.29, 0.717) is 15.5 Å². The van der Waals surface area contributed by atoms with Crippen LogP contribution in [0, 0.1) is 11.7 Å². The quantitative estimate of drug-likeness (QED) is 0.847. The molecule has 0 saturated carbocycles. The summed E-state index contributed by atoms with van der Waals surface area (Å²) in [5.41, 5.74) is -0.0304.